The first-order valence-corrected chi connectivity index (χ1v) is 6.68. The molecule has 0 saturated carbocycles. The van der Waals surface area contributed by atoms with Gasteiger partial charge >= 0.3 is 0 Å². The molecule has 1 N–H and O–H groups in total. The van der Waals surface area contributed by atoms with Gasteiger partial charge in [-0.3, -0.25) is 0 Å². The Hall–Kier alpha value is -1.87. The summed E-state index contributed by atoms with van der Waals surface area (Å²) in [7, 11) is 3.53. The summed E-state index contributed by atoms with van der Waals surface area (Å²) in [6, 6.07) is 11.0. The van der Waals surface area contributed by atoms with E-state index in [9.17, 15) is 4.39 Å². The van der Waals surface area contributed by atoms with E-state index in [4.69, 9.17) is 4.74 Å². The average molecular weight is 273 g/mol. The first kappa shape index (κ1) is 14.5. The Labute approximate surface area is 119 Å². The molecule has 2 rings (SSSR count). The topological polar surface area (TPSA) is 21.3 Å². The van der Waals surface area contributed by atoms with Gasteiger partial charge in [0, 0.05) is 11.6 Å². The van der Waals surface area contributed by atoms with Gasteiger partial charge < -0.3 is 10.1 Å². The predicted molar refractivity (Wildman–Crippen MR) is 80.6 cm³/mol. The summed E-state index contributed by atoms with van der Waals surface area (Å²) in [5.74, 6) is 0.515. The van der Waals surface area contributed by atoms with Crippen LogP contribution in [0.3, 0.4) is 0 Å². The van der Waals surface area contributed by atoms with Gasteiger partial charge in [0.05, 0.1) is 7.11 Å². The van der Waals surface area contributed by atoms with Gasteiger partial charge in [0.15, 0.2) is 0 Å². The van der Waals surface area contributed by atoms with Crippen LogP contribution in [-0.2, 0) is 0 Å². The third-order valence-corrected chi connectivity index (χ3v) is 3.56. The minimum atomic E-state index is -0.240. The molecule has 0 aliphatic heterocycles. The Morgan fingerprint density at radius 3 is 2.50 bits per heavy atom. The molecule has 0 bridgehead atoms. The molecule has 0 aromatic heterocycles. The average Bonchev–Trinajstić information content (AvgIpc) is 2.46. The molecule has 2 aromatic rings. The Balaban J connectivity index is 2.67. The SMILES string of the molecule is CNC(C)c1ccc(F)cc1-c1cc(C)ccc1OC. The molecule has 106 valence electrons. The van der Waals surface area contributed by atoms with Crippen molar-refractivity contribution in [2.75, 3.05) is 14.2 Å². The summed E-state index contributed by atoms with van der Waals surface area (Å²) in [5.41, 5.74) is 3.96. The van der Waals surface area contributed by atoms with Crippen molar-refractivity contribution in [1.29, 1.82) is 0 Å². The fourth-order valence-electron chi connectivity index (χ4n) is 2.33. The van der Waals surface area contributed by atoms with E-state index in [1.807, 2.05) is 38.2 Å². The third kappa shape index (κ3) is 2.83. The number of nitrogens with one attached hydrogen (secondary N) is 1. The van der Waals surface area contributed by atoms with Crippen LogP contribution in [0, 0.1) is 12.7 Å². The van der Waals surface area contributed by atoms with Gasteiger partial charge in [-0.25, -0.2) is 4.39 Å². The smallest absolute Gasteiger partial charge is 0.126 e. The summed E-state index contributed by atoms with van der Waals surface area (Å²) >= 11 is 0. The molecule has 0 amide bonds. The minimum absolute atomic E-state index is 0.135. The zero-order chi connectivity index (χ0) is 14.7. The van der Waals surface area contributed by atoms with Gasteiger partial charge in [-0.1, -0.05) is 17.7 Å². The van der Waals surface area contributed by atoms with E-state index in [1.54, 1.807) is 13.2 Å². The summed E-state index contributed by atoms with van der Waals surface area (Å²) in [5, 5.41) is 3.20. The number of hydrogen-bond donors (Lipinski definition) is 1. The molecule has 0 aliphatic carbocycles. The predicted octanol–water partition coefficient (Wildman–Crippen LogP) is 4.09. The van der Waals surface area contributed by atoms with E-state index in [0.717, 1.165) is 28.0 Å². The molecule has 2 aromatic carbocycles. The molecule has 3 heteroatoms. The normalized spacial score (nSPS) is 12.2. The molecule has 0 saturated heterocycles. The van der Waals surface area contributed by atoms with Crippen molar-refractivity contribution in [2.24, 2.45) is 0 Å². The van der Waals surface area contributed by atoms with Crippen LogP contribution < -0.4 is 10.1 Å². The molecule has 0 fully saturated rings. The van der Waals surface area contributed by atoms with Crippen molar-refractivity contribution >= 4 is 0 Å². The number of hydrogen-bond acceptors (Lipinski definition) is 2. The van der Waals surface area contributed by atoms with Crippen LogP contribution in [0.5, 0.6) is 5.75 Å². The molecular formula is C17H20FNO. The second kappa shape index (κ2) is 6.06. The first-order valence-electron chi connectivity index (χ1n) is 6.68. The van der Waals surface area contributed by atoms with E-state index in [0.29, 0.717) is 0 Å². The third-order valence-electron chi connectivity index (χ3n) is 3.56. The van der Waals surface area contributed by atoms with Crippen LogP contribution in [0.25, 0.3) is 11.1 Å². The summed E-state index contributed by atoms with van der Waals surface area (Å²) in [6.07, 6.45) is 0. The molecule has 2 nitrogen and oxygen atoms in total. The summed E-state index contributed by atoms with van der Waals surface area (Å²) < 4.78 is 19.1. The van der Waals surface area contributed by atoms with Crippen LogP contribution in [-0.4, -0.2) is 14.2 Å². The Kier molecular flexibility index (Phi) is 4.40. The zero-order valence-corrected chi connectivity index (χ0v) is 12.3. The van der Waals surface area contributed by atoms with Crippen molar-refractivity contribution in [3.05, 3.63) is 53.3 Å². The number of methoxy groups -OCH3 is 1. The van der Waals surface area contributed by atoms with Crippen LogP contribution in [0.4, 0.5) is 4.39 Å². The number of rotatable bonds is 4. The van der Waals surface area contributed by atoms with E-state index in [-0.39, 0.29) is 11.9 Å². The van der Waals surface area contributed by atoms with Crippen molar-refractivity contribution in [3.63, 3.8) is 0 Å². The lowest BCUT2D eigenvalue weighted by Gasteiger charge is -2.18. The van der Waals surface area contributed by atoms with Gasteiger partial charge in [0.2, 0.25) is 0 Å². The monoisotopic (exact) mass is 273 g/mol. The molecule has 0 aliphatic rings. The highest BCUT2D eigenvalue weighted by molar-refractivity contribution is 5.74. The molecule has 0 spiro atoms. The number of halogens is 1. The van der Waals surface area contributed by atoms with E-state index >= 15 is 0 Å². The lowest BCUT2D eigenvalue weighted by atomic mass is 9.94. The first-order chi connectivity index (χ1) is 9.56. The highest BCUT2D eigenvalue weighted by Gasteiger charge is 2.15. The highest BCUT2D eigenvalue weighted by Crippen LogP contribution is 2.35. The molecule has 0 radical (unpaired) electrons. The maximum atomic E-state index is 13.7. The van der Waals surface area contributed by atoms with E-state index in [2.05, 4.69) is 12.2 Å². The van der Waals surface area contributed by atoms with Crippen molar-refractivity contribution in [3.8, 4) is 16.9 Å². The molecule has 1 unspecified atom stereocenters. The lowest BCUT2D eigenvalue weighted by molar-refractivity contribution is 0.416. The largest absolute Gasteiger partial charge is 0.496 e. The fourth-order valence-corrected chi connectivity index (χ4v) is 2.33. The Morgan fingerprint density at radius 1 is 1.10 bits per heavy atom. The van der Waals surface area contributed by atoms with Crippen molar-refractivity contribution < 1.29 is 9.13 Å². The summed E-state index contributed by atoms with van der Waals surface area (Å²) in [6.45, 7) is 4.07. The second-order valence-electron chi connectivity index (χ2n) is 4.95. The Morgan fingerprint density at radius 2 is 1.85 bits per heavy atom. The lowest BCUT2D eigenvalue weighted by Crippen LogP contribution is -2.13. The molecule has 20 heavy (non-hydrogen) atoms. The standard InChI is InChI=1S/C17H20FNO/c1-11-5-8-17(20-4)16(9-11)15-10-13(18)6-7-14(15)12(2)19-3/h5-10,12,19H,1-4H3. The zero-order valence-electron chi connectivity index (χ0n) is 12.3. The highest BCUT2D eigenvalue weighted by atomic mass is 19.1. The van der Waals surface area contributed by atoms with Crippen molar-refractivity contribution in [2.45, 2.75) is 19.9 Å². The second-order valence-corrected chi connectivity index (χ2v) is 4.95. The molecule has 1 atom stereocenters. The van der Waals surface area contributed by atoms with E-state index in [1.165, 1.54) is 6.07 Å². The van der Waals surface area contributed by atoms with Crippen LogP contribution in [0.1, 0.15) is 24.1 Å². The van der Waals surface area contributed by atoms with Crippen LogP contribution in [0.15, 0.2) is 36.4 Å². The van der Waals surface area contributed by atoms with Gasteiger partial charge in [0.1, 0.15) is 11.6 Å². The number of benzene rings is 2. The van der Waals surface area contributed by atoms with Gasteiger partial charge in [-0.15, -0.1) is 0 Å². The number of aryl methyl sites for hydroxylation is 1. The number of ether oxygens (including phenoxy) is 1. The summed E-state index contributed by atoms with van der Waals surface area (Å²) in [4.78, 5) is 0. The maximum Gasteiger partial charge on any atom is 0.126 e. The fraction of sp³-hybridized carbons (Fsp3) is 0.294. The van der Waals surface area contributed by atoms with E-state index < -0.39 is 0 Å². The van der Waals surface area contributed by atoms with Gasteiger partial charge in [0.25, 0.3) is 0 Å². The van der Waals surface area contributed by atoms with Gasteiger partial charge in [-0.05, 0) is 56.3 Å². The van der Waals surface area contributed by atoms with Crippen LogP contribution >= 0.6 is 0 Å². The maximum absolute atomic E-state index is 13.7. The molecule has 0 heterocycles. The minimum Gasteiger partial charge on any atom is -0.496 e. The quantitative estimate of drug-likeness (QED) is 0.906. The Bertz CT molecular complexity index is 610. The van der Waals surface area contributed by atoms with Gasteiger partial charge in [-0.2, -0.15) is 0 Å². The molecular weight excluding hydrogens is 253 g/mol. The van der Waals surface area contributed by atoms with Crippen molar-refractivity contribution in [1.82, 2.24) is 5.32 Å². The van der Waals surface area contributed by atoms with Crippen LogP contribution in [0.2, 0.25) is 0 Å².